The summed E-state index contributed by atoms with van der Waals surface area (Å²) >= 11 is 0. The number of ether oxygens (including phenoxy) is 2. The van der Waals surface area contributed by atoms with Crippen LogP contribution >= 0.6 is 0 Å². The Labute approximate surface area is 153 Å². The Bertz CT molecular complexity index is 928. The molecule has 0 radical (unpaired) electrons. The number of aromatic nitrogens is 2. The van der Waals surface area contributed by atoms with Gasteiger partial charge in [-0.3, -0.25) is 0 Å². The van der Waals surface area contributed by atoms with Crippen LogP contribution in [0.2, 0.25) is 0 Å². The highest BCUT2D eigenvalue weighted by Crippen LogP contribution is 2.32. The summed E-state index contributed by atoms with van der Waals surface area (Å²) in [5.74, 6) is 1.42. The van der Waals surface area contributed by atoms with E-state index in [0.29, 0.717) is 22.9 Å². The van der Waals surface area contributed by atoms with Gasteiger partial charge in [-0.25, -0.2) is 9.97 Å². The molecule has 1 N–H and O–H groups in total. The van der Waals surface area contributed by atoms with E-state index in [1.807, 2.05) is 6.07 Å². The van der Waals surface area contributed by atoms with Crippen LogP contribution in [0.15, 0.2) is 54.7 Å². The van der Waals surface area contributed by atoms with E-state index in [-0.39, 0.29) is 5.95 Å². The third-order valence-electron chi connectivity index (χ3n) is 3.80. The van der Waals surface area contributed by atoms with E-state index in [1.165, 1.54) is 12.1 Å². The van der Waals surface area contributed by atoms with Crippen LogP contribution in [0.25, 0.3) is 11.3 Å². The Morgan fingerprint density at radius 3 is 2.22 bits per heavy atom. The minimum absolute atomic E-state index is 0.266. The van der Waals surface area contributed by atoms with Gasteiger partial charge in [-0.2, -0.15) is 13.2 Å². The van der Waals surface area contributed by atoms with Crippen LogP contribution in [-0.4, -0.2) is 24.2 Å². The number of methoxy groups -OCH3 is 2. The second-order valence-electron chi connectivity index (χ2n) is 5.54. The summed E-state index contributed by atoms with van der Waals surface area (Å²) in [6, 6.07) is 11.7. The van der Waals surface area contributed by atoms with Crippen molar-refractivity contribution in [2.45, 2.75) is 6.18 Å². The van der Waals surface area contributed by atoms with E-state index in [0.717, 1.165) is 17.7 Å². The zero-order valence-corrected chi connectivity index (χ0v) is 14.5. The Balaban J connectivity index is 1.84. The summed E-state index contributed by atoms with van der Waals surface area (Å²) in [5.41, 5.74) is 1.14. The molecule has 0 fully saturated rings. The first-order valence-corrected chi connectivity index (χ1v) is 7.90. The number of nitrogens with zero attached hydrogens (tertiary/aromatic N) is 2. The zero-order chi connectivity index (χ0) is 19.4. The number of nitrogens with one attached hydrogen (secondary N) is 1. The van der Waals surface area contributed by atoms with Gasteiger partial charge in [-0.05, 0) is 48.5 Å². The Kier molecular flexibility index (Phi) is 5.16. The van der Waals surface area contributed by atoms with Gasteiger partial charge in [-0.1, -0.05) is 0 Å². The third kappa shape index (κ3) is 4.28. The van der Waals surface area contributed by atoms with E-state index in [1.54, 1.807) is 38.6 Å². The number of halogens is 3. The summed E-state index contributed by atoms with van der Waals surface area (Å²) < 4.78 is 48.4. The lowest BCUT2D eigenvalue weighted by atomic mass is 10.1. The average molecular weight is 375 g/mol. The molecular weight excluding hydrogens is 359 g/mol. The van der Waals surface area contributed by atoms with Gasteiger partial charge in [0.25, 0.3) is 0 Å². The fraction of sp³-hybridized carbons (Fsp3) is 0.158. The molecule has 0 amide bonds. The summed E-state index contributed by atoms with van der Waals surface area (Å²) in [6.07, 6.45) is -2.81. The summed E-state index contributed by atoms with van der Waals surface area (Å²) in [7, 11) is 3.09. The third-order valence-corrected chi connectivity index (χ3v) is 3.80. The molecule has 1 heterocycles. The molecule has 0 saturated carbocycles. The fourth-order valence-electron chi connectivity index (χ4n) is 2.45. The number of hydrogen-bond acceptors (Lipinski definition) is 5. The number of benzene rings is 2. The molecule has 0 aliphatic heterocycles. The van der Waals surface area contributed by atoms with Gasteiger partial charge in [0.1, 0.15) is 0 Å². The van der Waals surface area contributed by atoms with Crippen molar-refractivity contribution in [1.29, 1.82) is 0 Å². The van der Waals surface area contributed by atoms with Gasteiger partial charge >= 0.3 is 6.18 Å². The molecule has 0 bridgehead atoms. The van der Waals surface area contributed by atoms with Crippen molar-refractivity contribution in [3.63, 3.8) is 0 Å². The van der Waals surface area contributed by atoms with Crippen LogP contribution in [0, 0.1) is 0 Å². The van der Waals surface area contributed by atoms with E-state index in [9.17, 15) is 13.2 Å². The molecule has 3 rings (SSSR count). The lowest BCUT2D eigenvalue weighted by Gasteiger charge is -2.11. The molecular formula is C19H16F3N3O2. The van der Waals surface area contributed by atoms with E-state index in [4.69, 9.17) is 9.47 Å². The summed E-state index contributed by atoms with van der Waals surface area (Å²) in [5, 5.41) is 2.90. The van der Waals surface area contributed by atoms with E-state index < -0.39 is 11.7 Å². The topological polar surface area (TPSA) is 56.3 Å². The zero-order valence-electron chi connectivity index (χ0n) is 14.5. The SMILES string of the molecule is COc1ccc(-c2ccnc(Nc3ccc(C(F)(F)F)cc3)n2)cc1OC. The summed E-state index contributed by atoms with van der Waals surface area (Å²) in [4.78, 5) is 8.51. The smallest absolute Gasteiger partial charge is 0.416 e. The Morgan fingerprint density at radius 2 is 1.59 bits per heavy atom. The molecule has 2 aromatic carbocycles. The molecule has 0 saturated heterocycles. The second-order valence-corrected chi connectivity index (χ2v) is 5.54. The highest BCUT2D eigenvalue weighted by atomic mass is 19.4. The van der Waals surface area contributed by atoms with Crippen LogP contribution in [0.1, 0.15) is 5.56 Å². The van der Waals surface area contributed by atoms with Gasteiger partial charge in [0.15, 0.2) is 11.5 Å². The first-order chi connectivity index (χ1) is 12.9. The van der Waals surface area contributed by atoms with E-state index >= 15 is 0 Å². The maximum absolute atomic E-state index is 12.6. The standard InChI is InChI=1S/C19H16F3N3O2/c1-26-16-8-3-12(11-17(16)27-2)15-9-10-23-18(25-15)24-14-6-4-13(5-7-14)19(20,21)22/h3-11H,1-2H3,(H,23,24,25). The lowest BCUT2D eigenvalue weighted by Crippen LogP contribution is -2.04. The maximum atomic E-state index is 12.6. The van der Waals surface area contributed by atoms with Crippen molar-refractivity contribution in [1.82, 2.24) is 9.97 Å². The first kappa shape index (κ1) is 18.5. The maximum Gasteiger partial charge on any atom is 0.416 e. The molecule has 0 spiro atoms. The quantitative estimate of drug-likeness (QED) is 0.686. The van der Waals surface area contributed by atoms with Crippen molar-refractivity contribution in [2.24, 2.45) is 0 Å². The van der Waals surface area contributed by atoms with Gasteiger partial charge in [0, 0.05) is 17.4 Å². The molecule has 3 aromatic rings. The molecule has 0 aliphatic carbocycles. The van der Waals surface area contributed by atoms with E-state index in [2.05, 4.69) is 15.3 Å². The van der Waals surface area contributed by atoms with Crippen molar-refractivity contribution in [2.75, 3.05) is 19.5 Å². The van der Waals surface area contributed by atoms with Crippen molar-refractivity contribution in [3.05, 3.63) is 60.3 Å². The molecule has 1 aromatic heterocycles. The van der Waals surface area contributed by atoms with Gasteiger partial charge in [-0.15, -0.1) is 0 Å². The van der Waals surface area contributed by atoms with Crippen LogP contribution in [0.4, 0.5) is 24.8 Å². The summed E-state index contributed by atoms with van der Waals surface area (Å²) in [6.45, 7) is 0. The molecule has 27 heavy (non-hydrogen) atoms. The molecule has 5 nitrogen and oxygen atoms in total. The molecule has 8 heteroatoms. The number of anilines is 2. The number of alkyl halides is 3. The Hall–Kier alpha value is -3.29. The molecule has 0 atom stereocenters. The second kappa shape index (κ2) is 7.53. The molecule has 0 aliphatic rings. The Morgan fingerprint density at radius 1 is 0.889 bits per heavy atom. The van der Waals surface area contributed by atoms with Crippen LogP contribution in [-0.2, 0) is 6.18 Å². The van der Waals surface area contributed by atoms with Crippen LogP contribution < -0.4 is 14.8 Å². The predicted molar refractivity (Wildman–Crippen MR) is 95.3 cm³/mol. The molecule has 140 valence electrons. The van der Waals surface area contributed by atoms with Crippen LogP contribution in [0.5, 0.6) is 11.5 Å². The molecule has 0 unspecified atom stereocenters. The van der Waals surface area contributed by atoms with Crippen LogP contribution in [0.3, 0.4) is 0 Å². The fourth-order valence-corrected chi connectivity index (χ4v) is 2.45. The minimum atomic E-state index is -4.37. The average Bonchev–Trinajstić information content (AvgIpc) is 2.67. The normalized spacial score (nSPS) is 11.1. The van der Waals surface area contributed by atoms with Crippen molar-refractivity contribution >= 4 is 11.6 Å². The first-order valence-electron chi connectivity index (χ1n) is 7.90. The highest BCUT2D eigenvalue weighted by molar-refractivity contribution is 5.65. The minimum Gasteiger partial charge on any atom is -0.493 e. The monoisotopic (exact) mass is 375 g/mol. The van der Waals surface area contributed by atoms with Gasteiger partial charge < -0.3 is 14.8 Å². The number of rotatable bonds is 5. The van der Waals surface area contributed by atoms with Crippen molar-refractivity contribution < 1.29 is 22.6 Å². The highest BCUT2D eigenvalue weighted by Gasteiger charge is 2.29. The largest absolute Gasteiger partial charge is 0.493 e. The van der Waals surface area contributed by atoms with Crippen molar-refractivity contribution in [3.8, 4) is 22.8 Å². The van der Waals surface area contributed by atoms with Gasteiger partial charge in [0.05, 0.1) is 25.5 Å². The number of hydrogen-bond donors (Lipinski definition) is 1. The predicted octanol–water partition coefficient (Wildman–Crippen LogP) is 4.92. The van der Waals surface area contributed by atoms with Gasteiger partial charge in [0.2, 0.25) is 5.95 Å². The lowest BCUT2D eigenvalue weighted by molar-refractivity contribution is -0.137.